The van der Waals surface area contributed by atoms with Crippen LogP contribution < -0.4 is 4.74 Å². The number of ketones is 1. The molecule has 0 fully saturated rings. The van der Waals surface area contributed by atoms with Crippen LogP contribution in [0.2, 0.25) is 0 Å². The van der Waals surface area contributed by atoms with E-state index in [2.05, 4.69) is 0 Å². The van der Waals surface area contributed by atoms with Gasteiger partial charge in [-0.25, -0.2) is 4.79 Å². The van der Waals surface area contributed by atoms with E-state index in [0.717, 1.165) is 11.3 Å². The number of carbonyl (C=O) groups excluding carboxylic acids is 2. The molecule has 5 heteroatoms. The number of carbonyl (C=O) groups is 2. The van der Waals surface area contributed by atoms with Crippen molar-refractivity contribution in [1.82, 2.24) is 4.90 Å². The van der Waals surface area contributed by atoms with Crippen molar-refractivity contribution in [3.63, 3.8) is 0 Å². The van der Waals surface area contributed by atoms with Crippen molar-refractivity contribution >= 4 is 11.9 Å². The minimum atomic E-state index is -0.700. The summed E-state index contributed by atoms with van der Waals surface area (Å²) in [5, 5.41) is 0. The van der Waals surface area contributed by atoms with Crippen molar-refractivity contribution in [3.8, 4) is 5.75 Å². The Morgan fingerprint density at radius 1 is 1.00 bits per heavy atom. The Labute approximate surface area is 164 Å². The van der Waals surface area contributed by atoms with E-state index >= 15 is 0 Å². The van der Waals surface area contributed by atoms with Crippen molar-refractivity contribution in [2.75, 3.05) is 13.7 Å². The van der Waals surface area contributed by atoms with E-state index in [0.29, 0.717) is 6.54 Å². The SMILES string of the molecule is COc1cccc(CN(CC(C)(C)C(=O)C(C)(C)C)C(=O)OC(C)(C)C)c1. The van der Waals surface area contributed by atoms with Gasteiger partial charge >= 0.3 is 6.09 Å². The lowest BCUT2D eigenvalue weighted by Crippen LogP contribution is -2.47. The largest absolute Gasteiger partial charge is 0.497 e. The second kappa shape index (κ2) is 8.32. The van der Waals surface area contributed by atoms with Crippen LogP contribution in [0.15, 0.2) is 24.3 Å². The Kier molecular flexibility index (Phi) is 7.09. The van der Waals surface area contributed by atoms with Gasteiger partial charge in [0.1, 0.15) is 17.1 Å². The summed E-state index contributed by atoms with van der Waals surface area (Å²) in [6.07, 6.45) is -0.430. The topological polar surface area (TPSA) is 55.8 Å². The summed E-state index contributed by atoms with van der Waals surface area (Å²) < 4.78 is 10.9. The van der Waals surface area contributed by atoms with Crippen LogP contribution in [0, 0.1) is 10.8 Å². The Balaban J connectivity index is 3.13. The lowest BCUT2D eigenvalue weighted by molar-refractivity contribution is -0.135. The molecule has 0 spiro atoms. The van der Waals surface area contributed by atoms with E-state index in [4.69, 9.17) is 9.47 Å². The fraction of sp³-hybridized carbons (Fsp3) is 0.636. The van der Waals surface area contributed by atoms with Crippen molar-refractivity contribution in [3.05, 3.63) is 29.8 Å². The second-order valence-corrected chi connectivity index (χ2v) is 9.65. The molecule has 0 atom stereocenters. The van der Waals surface area contributed by atoms with E-state index in [1.54, 1.807) is 12.0 Å². The average Bonchev–Trinajstić information content (AvgIpc) is 2.51. The number of nitrogens with zero attached hydrogens (tertiary/aromatic N) is 1. The molecule has 0 saturated heterocycles. The lowest BCUT2D eigenvalue weighted by atomic mass is 9.74. The van der Waals surface area contributed by atoms with Crippen molar-refractivity contribution in [2.45, 2.75) is 67.5 Å². The van der Waals surface area contributed by atoms with Crippen molar-refractivity contribution in [2.24, 2.45) is 10.8 Å². The van der Waals surface area contributed by atoms with E-state index in [1.165, 1.54) is 0 Å². The number of hydrogen-bond donors (Lipinski definition) is 0. The number of benzene rings is 1. The number of methoxy groups -OCH3 is 1. The molecule has 0 aliphatic rings. The van der Waals surface area contributed by atoms with Gasteiger partial charge in [0, 0.05) is 23.9 Å². The summed E-state index contributed by atoms with van der Waals surface area (Å²) in [7, 11) is 1.61. The lowest BCUT2D eigenvalue weighted by Gasteiger charge is -2.36. The maximum absolute atomic E-state index is 12.9. The predicted molar refractivity (Wildman–Crippen MR) is 108 cm³/mol. The minimum absolute atomic E-state index is 0.106. The van der Waals surface area contributed by atoms with Gasteiger partial charge in [0.25, 0.3) is 0 Å². The Morgan fingerprint density at radius 3 is 2.07 bits per heavy atom. The Bertz CT molecular complexity index is 666. The zero-order valence-corrected chi connectivity index (χ0v) is 18.3. The fourth-order valence-electron chi connectivity index (χ4n) is 3.07. The van der Waals surface area contributed by atoms with Crippen LogP contribution >= 0.6 is 0 Å². The van der Waals surface area contributed by atoms with Crippen LogP contribution in [-0.4, -0.2) is 36.0 Å². The third kappa shape index (κ3) is 7.24. The summed E-state index contributed by atoms with van der Waals surface area (Å²) in [6, 6.07) is 7.55. The van der Waals surface area contributed by atoms with Crippen LogP contribution in [0.3, 0.4) is 0 Å². The first-order valence-corrected chi connectivity index (χ1v) is 9.31. The molecular weight excluding hydrogens is 342 g/mol. The predicted octanol–water partition coefficient (Wildman–Crippen LogP) is 5.07. The number of Topliss-reactive ketones (excluding diaryl/α,β-unsaturated/α-hetero) is 1. The van der Waals surface area contributed by atoms with Gasteiger partial charge in [-0.2, -0.15) is 0 Å². The van der Waals surface area contributed by atoms with Crippen LogP contribution in [-0.2, 0) is 16.1 Å². The molecule has 0 radical (unpaired) electrons. The second-order valence-electron chi connectivity index (χ2n) is 9.65. The van der Waals surface area contributed by atoms with E-state index in [1.807, 2.05) is 79.7 Å². The maximum Gasteiger partial charge on any atom is 0.410 e. The van der Waals surface area contributed by atoms with E-state index in [-0.39, 0.29) is 12.3 Å². The molecule has 1 rings (SSSR count). The maximum atomic E-state index is 12.9. The van der Waals surface area contributed by atoms with Gasteiger partial charge < -0.3 is 14.4 Å². The fourth-order valence-corrected chi connectivity index (χ4v) is 3.07. The van der Waals surface area contributed by atoms with Crippen LogP contribution in [0.4, 0.5) is 4.79 Å². The third-order valence-electron chi connectivity index (χ3n) is 4.04. The molecule has 1 aromatic rings. The molecule has 27 heavy (non-hydrogen) atoms. The first-order chi connectivity index (χ1) is 12.2. The first kappa shape index (κ1) is 23.0. The van der Waals surface area contributed by atoms with Gasteiger partial charge in [-0.05, 0) is 38.5 Å². The first-order valence-electron chi connectivity index (χ1n) is 9.31. The highest BCUT2D eigenvalue weighted by atomic mass is 16.6. The highest BCUT2D eigenvalue weighted by Crippen LogP contribution is 2.31. The number of amides is 1. The molecule has 0 unspecified atom stereocenters. The molecule has 0 aliphatic heterocycles. The molecule has 0 heterocycles. The third-order valence-corrected chi connectivity index (χ3v) is 4.04. The summed E-state index contributed by atoms with van der Waals surface area (Å²) in [4.78, 5) is 27.3. The van der Waals surface area contributed by atoms with Gasteiger partial charge in [0.2, 0.25) is 0 Å². The highest BCUT2D eigenvalue weighted by molar-refractivity contribution is 5.89. The molecule has 5 nitrogen and oxygen atoms in total. The van der Waals surface area contributed by atoms with Crippen LogP contribution in [0.5, 0.6) is 5.75 Å². The van der Waals surface area contributed by atoms with Crippen molar-refractivity contribution < 1.29 is 19.1 Å². The zero-order valence-electron chi connectivity index (χ0n) is 18.3. The van der Waals surface area contributed by atoms with Crippen LogP contribution in [0.1, 0.15) is 61.0 Å². The summed E-state index contributed by atoms with van der Waals surface area (Å²) in [5.41, 5.74) is -0.881. The monoisotopic (exact) mass is 377 g/mol. The number of hydrogen-bond acceptors (Lipinski definition) is 4. The standard InChI is InChI=1S/C22H35NO4/c1-20(2,3)18(24)22(7,8)15-23(19(25)27-21(4,5)6)14-16-11-10-12-17(13-16)26-9/h10-13H,14-15H2,1-9H3. The van der Waals surface area contributed by atoms with Crippen LogP contribution in [0.25, 0.3) is 0 Å². The highest BCUT2D eigenvalue weighted by Gasteiger charge is 2.39. The molecule has 0 aliphatic carbocycles. The van der Waals surface area contributed by atoms with Gasteiger partial charge in [0.15, 0.2) is 0 Å². The normalized spacial score (nSPS) is 12.5. The molecule has 0 bridgehead atoms. The van der Waals surface area contributed by atoms with E-state index < -0.39 is 22.5 Å². The van der Waals surface area contributed by atoms with Crippen molar-refractivity contribution in [1.29, 1.82) is 0 Å². The Morgan fingerprint density at radius 2 is 1.59 bits per heavy atom. The molecule has 0 aromatic heterocycles. The molecule has 0 saturated carbocycles. The minimum Gasteiger partial charge on any atom is -0.497 e. The number of ether oxygens (including phenoxy) is 2. The molecule has 0 N–H and O–H groups in total. The van der Waals surface area contributed by atoms with Gasteiger partial charge in [-0.3, -0.25) is 4.79 Å². The Hall–Kier alpha value is -2.04. The number of rotatable bonds is 6. The quantitative estimate of drug-likeness (QED) is 0.694. The summed E-state index contributed by atoms with van der Waals surface area (Å²) in [6.45, 7) is 15.6. The van der Waals surface area contributed by atoms with Gasteiger partial charge in [0.05, 0.1) is 7.11 Å². The summed E-state index contributed by atoms with van der Waals surface area (Å²) >= 11 is 0. The zero-order chi connectivity index (χ0) is 21.0. The molecule has 1 amide bonds. The van der Waals surface area contributed by atoms with Gasteiger partial charge in [-0.15, -0.1) is 0 Å². The smallest absolute Gasteiger partial charge is 0.410 e. The molecule has 152 valence electrons. The molecule has 1 aromatic carbocycles. The van der Waals surface area contributed by atoms with E-state index in [9.17, 15) is 9.59 Å². The average molecular weight is 378 g/mol. The summed E-state index contributed by atoms with van der Waals surface area (Å²) in [5.74, 6) is 0.830. The molecular formula is C22H35NO4. The van der Waals surface area contributed by atoms with Gasteiger partial charge in [-0.1, -0.05) is 46.8 Å².